The lowest BCUT2D eigenvalue weighted by atomic mass is 10.1. The maximum Gasteiger partial charge on any atom is 0.419 e. The quantitative estimate of drug-likeness (QED) is 0.729. The number of rotatable bonds is 6. The molecule has 2 nitrogen and oxygen atoms in total. The number of aromatic nitrogens is 1. The second-order valence-electron chi connectivity index (χ2n) is 4.86. The monoisotopic (exact) mass is 338 g/mol. The van der Waals surface area contributed by atoms with Crippen LogP contribution < -0.4 is 5.32 Å². The largest absolute Gasteiger partial charge is 0.419 e. The smallest absolute Gasteiger partial charge is 0.370 e. The van der Waals surface area contributed by atoms with Gasteiger partial charge in [0.15, 0.2) is 0 Å². The van der Waals surface area contributed by atoms with Crippen molar-refractivity contribution >= 4 is 21.7 Å². The maximum absolute atomic E-state index is 12.8. The Morgan fingerprint density at radius 2 is 2.00 bits per heavy atom. The van der Waals surface area contributed by atoms with Crippen LogP contribution in [0.25, 0.3) is 0 Å². The predicted molar refractivity (Wildman–Crippen MR) is 74.1 cm³/mol. The molecular formula is C13H18BrF3N2. The Kier molecular flexibility index (Phi) is 6.10. The van der Waals surface area contributed by atoms with Gasteiger partial charge in [-0.2, -0.15) is 13.2 Å². The van der Waals surface area contributed by atoms with Gasteiger partial charge >= 0.3 is 6.18 Å². The first-order chi connectivity index (χ1) is 8.80. The summed E-state index contributed by atoms with van der Waals surface area (Å²) in [5, 5.41) is 2.77. The van der Waals surface area contributed by atoms with Crippen molar-refractivity contribution < 1.29 is 13.2 Å². The van der Waals surface area contributed by atoms with Crippen molar-refractivity contribution in [3.05, 3.63) is 22.3 Å². The topological polar surface area (TPSA) is 24.9 Å². The molecule has 0 bridgehead atoms. The predicted octanol–water partition coefficient (Wildman–Crippen LogP) is 5.10. The molecule has 1 aromatic heterocycles. The van der Waals surface area contributed by atoms with Crippen LogP contribution in [-0.2, 0) is 6.18 Å². The Morgan fingerprint density at radius 3 is 2.58 bits per heavy atom. The Morgan fingerprint density at radius 1 is 1.32 bits per heavy atom. The van der Waals surface area contributed by atoms with Gasteiger partial charge in [0.25, 0.3) is 0 Å². The summed E-state index contributed by atoms with van der Waals surface area (Å²) in [7, 11) is 0. The van der Waals surface area contributed by atoms with Crippen molar-refractivity contribution in [3.63, 3.8) is 0 Å². The van der Waals surface area contributed by atoms with Gasteiger partial charge in [0.05, 0.1) is 5.56 Å². The molecule has 108 valence electrons. The molecule has 0 aliphatic heterocycles. The number of hydrogen-bond donors (Lipinski definition) is 1. The number of nitrogens with one attached hydrogen (secondary N) is 1. The minimum atomic E-state index is -4.39. The van der Waals surface area contributed by atoms with Crippen LogP contribution in [0.5, 0.6) is 0 Å². The molecule has 0 amide bonds. The highest BCUT2D eigenvalue weighted by atomic mass is 79.9. The van der Waals surface area contributed by atoms with Crippen LogP contribution in [0.3, 0.4) is 0 Å². The Hall–Kier alpha value is -0.780. The summed E-state index contributed by atoms with van der Waals surface area (Å²) in [6.07, 6.45) is -0.0971. The fourth-order valence-corrected chi connectivity index (χ4v) is 2.01. The molecule has 0 saturated carbocycles. The normalized spacial score (nSPS) is 11.9. The summed E-state index contributed by atoms with van der Waals surface area (Å²) in [6, 6.07) is 1.05. The number of halogens is 4. The van der Waals surface area contributed by atoms with Gasteiger partial charge in [0, 0.05) is 17.2 Å². The summed E-state index contributed by atoms with van der Waals surface area (Å²) in [5.74, 6) is 0.525. The van der Waals surface area contributed by atoms with Gasteiger partial charge in [0.1, 0.15) is 5.82 Å². The van der Waals surface area contributed by atoms with Crippen molar-refractivity contribution in [2.45, 2.75) is 39.3 Å². The number of pyridine rings is 1. The summed E-state index contributed by atoms with van der Waals surface area (Å²) in [5.41, 5.74) is -0.731. The third kappa shape index (κ3) is 5.80. The van der Waals surface area contributed by atoms with Gasteiger partial charge in [-0.05, 0) is 34.3 Å². The number of alkyl halides is 3. The first-order valence-corrected chi connectivity index (χ1v) is 7.06. The lowest BCUT2D eigenvalue weighted by Gasteiger charge is -2.14. The van der Waals surface area contributed by atoms with Crippen molar-refractivity contribution in [2.75, 3.05) is 11.9 Å². The van der Waals surface area contributed by atoms with E-state index in [-0.39, 0.29) is 5.82 Å². The number of nitrogens with zero attached hydrogens (tertiary/aromatic N) is 1. The standard InChI is InChI=1S/C13H18BrF3N2/c1-9(2)5-3-4-6-18-12-11(13(15,16)17)7-10(14)8-19-12/h7-9H,3-6H2,1-2H3,(H,18,19). The van der Waals surface area contributed by atoms with E-state index in [1.165, 1.54) is 6.20 Å². The SMILES string of the molecule is CC(C)CCCCNc1ncc(Br)cc1C(F)(F)F. The van der Waals surface area contributed by atoms with Crippen molar-refractivity contribution in [3.8, 4) is 0 Å². The van der Waals surface area contributed by atoms with Gasteiger partial charge in [-0.25, -0.2) is 4.98 Å². The third-order valence-electron chi connectivity index (χ3n) is 2.66. The fourth-order valence-electron chi connectivity index (χ4n) is 1.68. The lowest BCUT2D eigenvalue weighted by molar-refractivity contribution is -0.137. The molecule has 1 N–H and O–H groups in total. The van der Waals surface area contributed by atoms with Gasteiger partial charge in [-0.15, -0.1) is 0 Å². The van der Waals surface area contributed by atoms with Gasteiger partial charge < -0.3 is 5.32 Å². The van der Waals surface area contributed by atoms with Crippen LogP contribution in [0, 0.1) is 5.92 Å². The lowest BCUT2D eigenvalue weighted by Crippen LogP contribution is -2.13. The number of unbranched alkanes of at least 4 members (excludes halogenated alkanes) is 1. The zero-order chi connectivity index (χ0) is 14.5. The molecular weight excluding hydrogens is 321 g/mol. The van der Waals surface area contributed by atoms with Crippen molar-refractivity contribution in [2.24, 2.45) is 5.92 Å². The van der Waals surface area contributed by atoms with Crippen LogP contribution in [-0.4, -0.2) is 11.5 Å². The maximum atomic E-state index is 12.8. The van der Waals surface area contributed by atoms with E-state index in [4.69, 9.17) is 0 Å². The highest BCUT2D eigenvalue weighted by molar-refractivity contribution is 9.10. The minimum absolute atomic E-state index is 0.0970. The van der Waals surface area contributed by atoms with Gasteiger partial charge in [-0.1, -0.05) is 26.7 Å². The second kappa shape index (κ2) is 7.12. The Balaban J connectivity index is 2.58. The molecule has 6 heteroatoms. The van der Waals surface area contributed by atoms with E-state index >= 15 is 0 Å². The molecule has 1 aromatic rings. The summed E-state index contributed by atoms with van der Waals surface area (Å²) in [6.45, 7) is 4.77. The van der Waals surface area contributed by atoms with E-state index in [9.17, 15) is 13.2 Å². The van der Waals surface area contributed by atoms with Crippen molar-refractivity contribution in [1.29, 1.82) is 0 Å². The van der Waals surface area contributed by atoms with Crippen LogP contribution in [0.15, 0.2) is 16.7 Å². The van der Waals surface area contributed by atoms with E-state index in [0.717, 1.165) is 25.3 Å². The van der Waals surface area contributed by atoms with E-state index in [2.05, 4.69) is 40.1 Å². The molecule has 0 aliphatic carbocycles. The van der Waals surface area contributed by atoms with Crippen molar-refractivity contribution in [1.82, 2.24) is 4.98 Å². The highest BCUT2D eigenvalue weighted by Gasteiger charge is 2.34. The van der Waals surface area contributed by atoms with Gasteiger partial charge in [0.2, 0.25) is 0 Å². The first kappa shape index (κ1) is 16.3. The summed E-state index contributed by atoms with van der Waals surface area (Å²) in [4.78, 5) is 3.80. The molecule has 0 aliphatic rings. The zero-order valence-corrected chi connectivity index (χ0v) is 12.6. The van der Waals surface area contributed by atoms with Gasteiger partial charge in [-0.3, -0.25) is 0 Å². The average molecular weight is 339 g/mol. The fraction of sp³-hybridized carbons (Fsp3) is 0.615. The van der Waals surface area contributed by atoms with Crippen LogP contribution in [0.2, 0.25) is 0 Å². The molecule has 0 saturated heterocycles. The zero-order valence-electron chi connectivity index (χ0n) is 11.0. The average Bonchev–Trinajstić information content (AvgIpc) is 2.28. The Bertz CT molecular complexity index is 405. The first-order valence-electron chi connectivity index (χ1n) is 6.27. The minimum Gasteiger partial charge on any atom is -0.370 e. The Labute approximate surface area is 119 Å². The summed E-state index contributed by atoms with van der Waals surface area (Å²) >= 11 is 3.01. The molecule has 0 spiro atoms. The molecule has 1 rings (SSSR count). The third-order valence-corrected chi connectivity index (χ3v) is 3.09. The second-order valence-corrected chi connectivity index (χ2v) is 5.78. The van der Waals surface area contributed by atoms with E-state index in [1.807, 2.05) is 0 Å². The van der Waals surface area contributed by atoms with E-state index < -0.39 is 11.7 Å². The number of anilines is 1. The van der Waals surface area contributed by atoms with E-state index in [1.54, 1.807) is 0 Å². The molecule has 19 heavy (non-hydrogen) atoms. The highest BCUT2D eigenvalue weighted by Crippen LogP contribution is 2.35. The van der Waals surface area contributed by atoms with E-state index in [0.29, 0.717) is 16.9 Å². The molecule has 1 heterocycles. The molecule has 0 unspecified atom stereocenters. The summed E-state index contributed by atoms with van der Waals surface area (Å²) < 4.78 is 38.8. The van der Waals surface area contributed by atoms with Crippen LogP contribution in [0.1, 0.15) is 38.7 Å². The number of hydrogen-bond acceptors (Lipinski definition) is 2. The molecule has 0 fully saturated rings. The van der Waals surface area contributed by atoms with Crippen LogP contribution >= 0.6 is 15.9 Å². The molecule has 0 radical (unpaired) electrons. The molecule has 0 aromatic carbocycles. The molecule has 0 atom stereocenters. The van der Waals surface area contributed by atoms with Crippen LogP contribution in [0.4, 0.5) is 19.0 Å².